The fourth-order valence-electron chi connectivity index (χ4n) is 3.39. The van der Waals surface area contributed by atoms with Crippen molar-refractivity contribution in [1.29, 1.82) is 0 Å². The molecule has 0 bridgehead atoms. The summed E-state index contributed by atoms with van der Waals surface area (Å²) in [5, 5.41) is 14.6. The van der Waals surface area contributed by atoms with E-state index in [1.807, 2.05) is 6.92 Å². The minimum atomic E-state index is -0.926. The number of aliphatic hydroxyl groups is 1. The molecule has 3 aromatic rings. The smallest absolute Gasteiger partial charge is 0.295 e. The molecule has 8 nitrogen and oxygen atoms in total. The van der Waals surface area contributed by atoms with Gasteiger partial charge in [-0.1, -0.05) is 24.2 Å². The van der Waals surface area contributed by atoms with E-state index in [-0.39, 0.29) is 17.2 Å². The quantitative estimate of drug-likeness (QED) is 0.585. The standard InChI is InChI=1S/C22H20N2O6/c1-3-9-28-15-7-4-6-14(12-15)19-18(20(25)16-8-5-10-29-16)21(26)22(27)24(19)17-11-13(2)30-23-17/h4-8,10-12,19,26H,3,9H2,1-2H3. The minimum absolute atomic E-state index is 0.0194. The molecule has 2 aromatic heterocycles. The summed E-state index contributed by atoms with van der Waals surface area (Å²) in [6.45, 7) is 4.21. The van der Waals surface area contributed by atoms with E-state index in [1.165, 1.54) is 17.2 Å². The fourth-order valence-corrected chi connectivity index (χ4v) is 3.39. The molecule has 1 unspecified atom stereocenters. The van der Waals surface area contributed by atoms with Crippen LogP contribution >= 0.6 is 0 Å². The van der Waals surface area contributed by atoms with Gasteiger partial charge in [-0.3, -0.25) is 14.5 Å². The SMILES string of the molecule is CCCOc1cccc(C2C(C(=O)c3ccco3)=C(O)C(=O)N2c2cc(C)on2)c1. The van der Waals surface area contributed by atoms with Crippen LogP contribution in [-0.2, 0) is 4.79 Å². The van der Waals surface area contributed by atoms with E-state index in [9.17, 15) is 14.7 Å². The van der Waals surface area contributed by atoms with Gasteiger partial charge in [-0.2, -0.15) is 0 Å². The number of carbonyl (C=O) groups is 2. The van der Waals surface area contributed by atoms with Crippen molar-refractivity contribution >= 4 is 17.5 Å². The highest BCUT2D eigenvalue weighted by atomic mass is 16.5. The van der Waals surface area contributed by atoms with E-state index in [4.69, 9.17) is 13.7 Å². The van der Waals surface area contributed by atoms with Gasteiger partial charge in [0.25, 0.3) is 5.91 Å². The number of aromatic nitrogens is 1. The summed E-state index contributed by atoms with van der Waals surface area (Å²) in [6, 6.07) is 10.7. The highest BCUT2D eigenvalue weighted by Crippen LogP contribution is 2.42. The molecule has 1 aliphatic heterocycles. The van der Waals surface area contributed by atoms with Gasteiger partial charge in [-0.25, -0.2) is 0 Å². The number of anilines is 1. The second-order valence-corrected chi connectivity index (χ2v) is 6.86. The third-order valence-corrected chi connectivity index (χ3v) is 4.71. The van der Waals surface area contributed by atoms with Gasteiger partial charge in [0.1, 0.15) is 11.5 Å². The molecule has 0 radical (unpaired) electrons. The van der Waals surface area contributed by atoms with Crippen molar-refractivity contribution < 1.29 is 28.4 Å². The molecule has 0 spiro atoms. The van der Waals surface area contributed by atoms with Crippen LogP contribution in [0.4, 0.5) is 5.82 Å². The zero-order valence-electron chi connectivity index (χ0n) is 16.5. The molecule has 8 heteroatoms. The molecule has 0 aliphatic carbocycles. The van der Waals surface area contributed by atoms with Crippen LogP contribution in [0.5, 0.6) is 5.75 Å². The van der Waals surface area contributed by atoms with Gasteiger partial charge in [0, 0.05) is 6.07 Å². The number of hydrogen-bond donors (Lipinski definition) is 1. The largest absolute Gasteiger partial charge is 0.503 e. The van der Waals surface area contributed by atoms with Crippen molar-refractivity contribution in [2.24, 2.45) is 0 Å². The number of ketones is 1. The molecule has 4 rings (SSSR count). The molecule has 30 heavy (non-hydrogen) atoms. The van der Waals surface area contributed by atoms with E-state index in [1.54, 1.807) is 43.3 Å². The number of amides is 1. The average Bonchev–Trinajstić information content (AvgIpc) is 3.47. The Labute approximate surface area is 172 Å². The van der Waals surface area contributed by atoms with Gasteiger partial charge in [-0.05, 0) is 43.2 Å². The predicted molar refractivity (Wildman–Crippen MR) is 106 cm³/mol. The van der Waals surface area contributed by atoms with Crippen LogP contribution in [0.25, 0.3) is 0 Å². The predicted octanol–water partition coefficient (Wildman–Crippen LogP) is 4.15. The molecular weight excluding hydrogens is 388 g/mol. The Hall–Kier alpha value is -3.81. The zero-order chi connectivity index (χ0) is 21.3. The second kappa shape index (κ2) is 7.90. The van der Waals surface area contributed by atoms with Crippen molar-refractivity contribution in [1.82, 2.24) is 5.16 Å². The van der Waals surface area contributed by atoms with Gasteiger partial charge in [0.05, 0.1) is 24.5 Å². The molecule has 1 aromatic carbocycles. The Morgan fingerprint density at radius 1 is 1.27 bits per heavy atom. The zero-order valence-corrected chi connectivity index (χ0v) is 16.5. The summed E-state index contributed by atoms with van der Waals surface area (Å²) in [6.07, 6.45) is 2.19. The summed E-state index contributed by atoms with van der Waals surface area (Å²) in [7, 11) is 0. The maximum Gasteiger partial charge on any atom is 0.295 e. The number of hydrogen-bond acceptors (Lipinski definition) is 7. The number of aliphatic hydroxyl groups excluding tert-OH is 1. The van der Waals surface area contributed by atoms with Crippen molar-refractivity contribution in [3.05, 3.63) is 77.1 Å². The Balaban J connectivity index is 1.84. The van der Waals surface area contributed by atoms with Crippen LogP contribution in [0.15, 0.2) is 69.0 Å². The van der Waals surface area contributed by atoms with Crippen LogP contribution in [-0.4, -0.2) is 28.6 Å². The summed E-state index contributed by atoms with van der Waals surface area (Å²) in [5.41, 5.74) is 0.486. The van der Waals surface area contributed by atoms with Crippen LogP contribution in [0.3, 0.4) is 0 Å². The lowest BCUT2D eigenvalue weighted by Crippen LogP contribution is -2.31. The molecule has 1 N–H and O–H groups in total. The topological polar surface area (TPSA) is 106 Å². The van der Waals surface area contributed by atoms with Gasteiger partial charge in [-0.15, -0.1) is 0 Å². The number of nitrogens with zero attached hydrogens (tertiary/aromatic N) is 2. The third kappa shape index (κ3) is 3.36. The summed E-state index contributed by atoms with van der Waals surface area (Å²) in [5.74, 6) is -0.693. The van der Waals surface area contributed by atoms with E-state index < -0.39 is 23.5 Å². The number of benzene rings is 1. The van der Waals surface area contributed by atoms with Crippen LogP contribution in [0.2, 0.25) is 0 Å². The lowest BCUT2D eigenvalue weighted by molar-refractivity contribution is -0.117. The molecule has 1 atom stereocenters. The van der Waals surface area contributed by atoms with Crippen molar-refractivity contribution in [2.45, 2.75) is 26.3 Å². The minimum Gasteiger partial charge on any atom is -0.503 e. The van der Waals surface area contributed by atoms with Crippen LogP contribution in [0, 0.1) is 6.92 Å². The van der Waals surface area contributed by atoms with E-state index >= 15 is 0 Å². The maximum absolute atomic E-state index is 13.1. The fraction of sp³-hybridized carbons (Fsp3) is 0.227. The van der Waals surface area contributed by atoms with Gasteiger partial charge >= 0.3 is 0 Å². The lowest BCUT2D eigenvalue weighted by atomic mass is 9.95. The number of carbonyl (C=O) groups excluding carboxylic acids is 2. The Kier molecular flexibility index (Phi) is 5.14. The second-order valence-electron chi connectivity index (χ2n) is 6.86. The number of furan rings is 1. The van der Waals surface area contributed by atoms with Gasteiger partial charge in [0.2, 0.25) is 5.78 Å². The van der Waals surface area contributed by atoms with E-state index in [0.29, 0.717) is 23.7 Å². The number of Topliss-reactive ketones (excluding diaryl/α,β-unsaturated/α-hetero) is 1. The molecule has 0 saturated carbocycles. The Morgan fingerprint density at radius 3 is 2.77 bits per heavy atom. The summed E-state index contributed by atoms with van der Waals surface area (Å²) >= 11 is 0. The van der Waals surface area contributed by atoms with Gasteiger partial charge in [0.15, 0.2) is 17.3 Å². The molecule has 1 aliphatic rings. The van der Waals surface area contributed by atoms with E-state index in [0.717, 1.165) is 6.42 Å². The first kappa shape index (κ1) is 19.5. The molecule has 1 amide bonds. The monoisotopic (exact) mass is 408 g/mol. The highest BCUT2D eigenvalue weighted by Gasteiger charge is 2.46. The number of rotatable bonds is 7. The maximum atomic E-state index is 13.1. The molecule has 154 valence electrons. The Morgan fingerprint density at radius 2 is 2.10 bits per heavy atom. The average molecular weight is 408 g/mol. The molecule has 0 fully saturated rings. The number of aryl methyl sites for hydroxylation is 1. The molecule has 3 heterocycles. The first-order valence-electron chi connectivity index (χ1n) is 9.52. The van der Waals surface area contributed by atoms with E-state index in [2.05, 4.69) is 5.16 Å². The first-order valence-corrected chi connectivity index (χ1v) is 9.52. The highest BCUT2D eigenvalue weighted by molar-refractivity contribution is 6.19. The van der Waals surface area contributed by atoms with Crippen molar-refractivity contribution in [2.75, 3.05) is 11.5 Å². The molecule has 0 saturated heterocycles. The van der Waals surface area contributed by atoms with Crippen molar-refractivity contribution in [3.8, 4) is 5.75 Å². The number of ether oxygens (including phenoxy) is 1. The summed E-state index contributed by atoms with van der Waals surface area (Å²) in [4.78, 5) is 27.3. The summed E-state index contributed by atoms with van der Waals surface area (Å²) < 4.78 is 16.0. The lowest BCUT2D eigenvalue weighted by Gasteiger charge is -2.24. The van der Waals surface area contributed by atoms with Crippen molar-refractivity contribution in [3.63, 3.8) is 0 Å². The third-order valence-electron chi connectivity index (χ3n) is 4.71. The van der Waals surface area contributed by atoms with Crippen LogP contribution < -0.4 is 9.64 Å². The molecular formula is C22H20N2O6. The Bertz CT molecular complexity index is 1110. The first-order chi connectivity index (χ1) is 14.5. The normalized spacial score (nSPS) is 16.4. The van der Waals surface area contributed by atoms with Crippen LogP contribution in [0.1, 0.15) is 41.3 Å². The van der Waals surface area contributed by atoms with Gasteiger partial charge < -0.3 is 18.8 Å².